The predicted molar refractivity (Wildman–Crippen MR) is 111 cm³/mol. The van der Waals surface area contributed by atoms with E-state index in [-0.39, 0.29) is 12.3 Å². The maximum atomic E-state index is 12.6. The summed E-state index contributed by atoms with van der Waals surface area (Å²) in [5.41, 5.74) is 5.82. The summed E-state index contributed by atoms with van der Waals surface area (Å²) >= 11 is 1.45. The second-order valence-electron chi connectivity index (χ2n) is 7.37. The molecule has 0 radical (unpaired) electrons. The summed E-state index contributed by atoms with van der Waals surface area (Å²) in [7, 11) is 0. The summed E-state index contributed by atoms with van der Waals surface area (Å²) < 4.78 is 0. The highest BCUT2D eigenvalue weighted by Crippen LogP contribution is 2.06. The molecule has 11 heteroatoms. The van der Waals surface area contributed by atoms with Gasteiger partial charge in [0, 0.05) is 0 Å². The van der Waals surface area contributed by atoms with Crippen molar-refractivity contribution in [1.82, 2.24) is 16.0 Å². The van der Waals surface area contributed by atoms with Crippen molar-refractivity contribution in [1.29, 1.82) is 0 Å². The molecule has 0 heterocycles. The number of aliphatic carboxylic acids is 1. The number of carbonyl (C=O) groups excluding carboxylic acids is 3. The van der Waals surface area contributed by atoms with Crippen LogP contribution < -0.4 is 21.7 Å². The average molecular weight is 435 g/mol. The minimum atomic E-state index is -1.30. The van der Waals surface area contributed by atoms with E-state index in [4.69, 9.17) is 10.8 Å². The summed E-state index contributed by atoms with van der Waals surface area (Å²) in [6.45, 7) is 6.45. The molecule has 0 bridgehead atoms. The van der Waals surface area contributed by atoms with Crippen LogP contribution in [0, 0.1) is 5.92 Å². The molecule has 168 valence electrons. The molecule has 7 N–H and O–H groups in total. The smallest absolute Gasteiger partial charge is 0.325 e. The first-order valence-electron chi connectivity index (χ1n) is 9.47. The Labute approximate surface area is 175 Å². The van der Waals surface area contributed by atoms with E-state index in [2.05, 4.69) is 16.0 Å². The zero-order chi connectivity index (χ0) is 22.7. The highest BCUT2D eigenvalue weighted by molar-refractivity contribution is 7.98. The zero-order valence-corrected chi connectivity index (χ0v) is 18.4. The highest BCUT2D eigenvalue weighted by Gasteiger charge is 2.31. The Morgan fingerprint density at radius 1 is 0.966 bits per heavy atom. The predicted octanol–water partition coefficient (Wildman–Crippen LogP) is -0.947. The molecular formula is C18H34N4O6S. The van der Waals surface area contributed by atoms with Gasteiger partial charge in [-0.25, -0.2) is 0 Å². The van der Waals surface area contributed by atoms with Crippen molar-refractivity contribution >= 4 is 35.5 Å². The Kier molecular flexibility index (Phi) is 12.5. The van der Waals surface area contributed by atoms with Gasteiger partial charge in [0.25, 0.3) is 0 Å². The summed E-state index contributed by atoms with van der Waals surface area (Å²) in [4.78, 5) is 48.2. The molecule has 0 aliphatic heterocycles. The van der Waals surface area contributed by atoms with Crippen LogP contribution in [0.15, 0.2) is 0 Å². The van der Waals surface area contributed by atoms with Crippen molar-refractivity contribution in [2.24, 2.45) is 11.7 Å². The molecule has 5 atom stereocenters. The molecule has 29 heavy (non-hydrogen) atoms. The van der Waals surface area contributed by atoms with Gasteiger partial charge in [-0.2, -0.15) is 11.8 Å². The topological polar surface area (TPSA) is 171 Å². The monoisotopic (exact) mass is 434 g/mol. The van der Waals surface area contributed by atoms with Gasteiger partial charge in [0.2, 0.25) is 17.7 Å². The Hall–Kier alpha value is -1.85. The van der Waals surface area contributed by atoms with E-state index in [1.54, 1.807) is 0 Å². The third-order valence-electron chi connectivity index (χ3n) is 4.10. The van der Waals surface area contributed by atoms with E-state index in [1.807, 2.05) is 20.1 Å². The first kappa shape index (κ1) is 27.1. The van der Waals surface area contributed by atoms with Crippen molar-refractivity contribution in [2.75, 3.05) is 12.0 Å². The van der Waals surface area contributed by atoms with Gasteiger partial charge < -0.3 is 31.9 Å². The highest BCUT2D eigenvalue weighted by atomic mass is 32.2. The van der Waals surface area contributed by atoms with Gasteiger partial charge in [0.1, 0.15) is 18.1 Å². The minimum absolute atomic E-state index is 0.172. The van der Waals surface area contributed by atoms with Crippen LogP contribution >= 0.6 is 11.8 Å². The molecule has 0 fully saturated rings. The minimum Gasteiger partial charge on any atom is -0.480 e. The summed E-state index contributed by atoms with van der Waals surface area (Å²) in [6.07, 6.45) is 1.25. The van der Waals surface area contributed by atoms with Gasteiger partial charge in [-0.3, -0.25) is 19.2 Å². The van der Waals surface area contributed by atoms with Crippen molar-refractivity contribution in [3.63, 3.8) is 0 Å². The molecule has 0 saturated heterocycles. The van der Waals surface area contributed by atoms with E-state index in [1.165, 1.54) is 25.6 Å². The van der Waals surface area contributed by atoms with Crippen LogP contribution in [-0.4, -0.2) is 76.2 Å². The van der Waals surface area contributed by atoms with Gasteiger partial charge in [-0.1, -0.05) is 13.8 Å². The first-order valence-corrected chi connectivity index (χ1v) is 10.9. The third kappa shape index (κ3) is 10.5. The van der Waals surface area contributed by atoms with Gasteiger partial charge in [0.15, 0.2) is 0 Å². The van der Waals surface area contributed by atoms with Crippen LogP contribution in [0.5, 0.6) is 0 Å². The third-order valence-corrected chi connectivity index (χ3v) is 4.74. The van der Waals surface area contributed by atoms with E-state index < -0.39 is 54.0 Å². The summed E-state index contributed by atoms with van der Waals surface area (Å²) in [5.74, 6) is -2.50. The van der Waals surface area contributed by atoms with E-state index in [9.17, 15) is 24.3 Å². The van der Waals surface area contributed by atoms with Crippen LogP contribution in [0.2, 0.25) is 0 Å². The maximum absolute atomic E-state index is 12.6. The molecule has 0 aromatic carbocycles. The lowest BCUT2D eigenvalue weighted by atomic mass is 10.0. The number of rotatable bonds is 13. The molecule has 0 saturated carbocycles. The number of hydrogen-bond donors (Lipinski definition) is 6. The second kappa shape index (κ2) is 13.4. The number of hydrogen-bond acceptors (Lipinski definition) is 7. The van der Waals surface area contributed by atoms with Gasteiger partial charge in [0.05, 0.1) is 12.1 Å². The van der Waals surface area contributed by atoms with Crippen LogP contribution in [0.25, 0.3) is 0 Å². The number of carboxylic acids is 1. The Morgan fingerprint density at radius 3 is 2.00 bits per heavy atom. The largest absolute Gasteiger partial charge is 0.480 e. The van der Waals surface area contributed by atoms with E-state index in [0.29, 0.717) is 12.2 Å². The van der Waals surface area contributed by atoms with Crippen LogP contribution in [0.3, 0.4) is 0 Å². The van der Waals surface area contributed by atoms with Gasteiger partial charge in [-0.05, 0) is 44.6 Å². The summed E-state index contributed by atoms with van der Waals surface area (Å²) in [6, 6.07) is -4.28. The van der Waals surface area contributed by atoms with Crippen molar-refractivity contribution in [2.45, 2.75) is 70.8 Å². The fourth-order valence-electron chi connectivity index (χ4n) is 2.42. The number of aliphatic hydroxyl groups is 1. The second-order valence-corrected chi connectivity index (χ2v) is 8.36. The van der Waals surface area contributed by atoms with Crippen molar-refractivity contribution < 1.29 is 29.4 Å². The fraction of sp³-hybridized carbons (Fsp3) is 0.778. The molecule has 5 unspecified atom stereocenters. The molecule has 10 nitrogen and oxygen atoms in total. The lowest BCUT2D eigenvalue weighted by Gasteiger charge is -2.26. The molecule has 0 aromatic rings. The lowest BCUT2D eigenvalue weighted by molar-refractivity contribution is -0.142. The average Bonchev–Trinajstić information content (AvgIpc) is 2.61. The van der Waals surface area contributed by atoms with Crippen LogP contribution in [-0.2, 0) is 19.2 Å². The number of carbonyl (C=O) groups is 4. The number of carboxylic acid groups (broad SMARTS) is 1. The number of aliphatic hydroxyl groups excluding tert-OH is 1. The van der Waals surface area contributed by atoms with Crippen molar-refractivity contribution in [3.8, 4) is 0 Å². The SMILES string of the molecule is CSCCC(NC(=O)C(NC(=O)C(N)CC(C)C)C(C)O)C(=O)NC(C)C(=O)O. The van der Waals surface area contributed by atoms with Gasteiger partial charge >= 0.3 is 5.97 Å². The molecule has 0 spiro atoms. The standard InChI is InChI=1S/C18H34N4O6S/c1-9(2)8-12(19)15(24)22-14(11(4)23)17(26)21-13(6-7-29-5)16(25)20-10(3)18(27)28/h9-14,23H,6-8,19H2,1-5H3,(H,20,25)(H,21,26)(H,22,24)(H,27,28). The zero-order valence-electron chi connectivity index (χ0n) is 17.6. The number of amides is 3. The Bertz CT molecular complexity index is 573. The van der Waals surface area contributed by atoms with E-state index >= 15 is 0 Å². The quantitative estimate of drug-likeness (QED) is 0.215. The molecule has 0 rings (SSSR count). The Morgan fingerprint density at radius 2 is 1.55 bits per heavy atom. The van der Waals surface area contributed by atoms with E-state index in [0.717, 1.165) is 0 Å². The Balaban J connectivity index is 5.20. The number of nitrogens with two attached hydrogens (primary N) is 1. The van der Waals surface area contributed by atoms with Crippen LogP contribution in [0.4, 0.5) is 0 Å². The molecular weight excluding hydrogens is 400 g/mol. The normalized spacial score (nSPS) is 16.3. The summed E-state index contributed by atoms with van der Waals surface area (Å²) in [5, 5.41) is 26.1. The maximum Gasteiger partial charge on any atom is 0.325 e. The van der Waals surface area contributed by atoms with Crippen molar-refractivity contribution in [3.05, 3.63) is 0 Å². The molecule has 0 aromatic heterocycles. The van der Waals surface area contributed by atoms with Gasteiger partial charge in [-0.15, -0.1) is 0 Å². The van der Waals surface area contributed by atoms with Crippen LogP contribution in [0.1, 0.15) is 40.5 Å². The first-order chi connectivity index (χ1) is 13.4. The molecule has 0 aliphatic carbocycles. The molecule has 3 amide bonds. The lowest BCUT2D eigenvalue weighted by Crippen LogP contribution is -2.59. The molecule has 0 aliphatic rings. The number of thioether (sulfide) groups is 1. The fourth-order valence-corrected chi connectivity index (χ4v) is 2.89. The number of nitrogens with one attached hydrogen (secondary N) is 3.